The van der Waals surface area contributed by atoms with E-state index >= 15 is 0 Å². The average molecular weight is 272 g/mol. The Labute approximate surface area is 93.3 Å². The minimum atomic E-state index is -1.07. The standard InChI is InChI=1S/C10H7BrFNO2/c1-13-7-3-2-6(11)9(12)5(7)4-8(13)10(14)15/h2-4H,1H3,(H,14,15). The number of hydrogen-bond donors (Lipinski definition) is 1. The van der Waals surface area contributed by atoms with Gasteiger partial charge < -0.3 is 9.67 Å². The van der Waals surface area contributed by atoms with Crippen LogP contribution in [0.1, 0.15) is 10.5 Å². The topological polar surface area (TPSA) is 42.2 Å². The number of halogens is 2. The van der Waals surface area contributed by atoms with Gasteiger partial charge in [-0.3, -0.25) is 0 Å². The Hall–Kier alpha value is -1.36. The highest BCUT2D eigenvalue weighted by atomic mass is 79.9. The van der Waals surface area contributed by atoms with Gasteiger partial charge >= 0.3 is 5.97 Å². The van der Waals surface area contributed by atoms with Gasteiger partial charge in [-0.1, -0.05) is 0 Å². The van der Waals surface area contributed by atoms with E-state index in [9.17, 15) is 9.18 Å². The Morgan fingerprint density at radius 1 is 1.53 bits per heavy atom. The molecule has 0 saturated carbocycles. The van der Waals surface area contributed by atoms with Crippen LogP contribution >= 0.6 is 15.9 Å². The fourth-order valence-electron chi connectivity index (χ4n) is 1.55. The lowest BCUT2D eigenvalue weighted by atomic mass is 10.2. The lowest BCUT2D eigenvalue weighted by Crippen LogP contribution is -2.03. The molecule has 0 saturated heterocycles. The number of benzene rings is 1. The highest BCUT2D eigenvalue weighted by molar-refractivity contribution is 9.10. The SMILES string of the molecule is Cn1c(C(=O)O)cc2c(F)c(Br)ccc21. The molecule has 5 heteroatoms. The van der Waals surface area contributed by atoms with E-state index in [0.717, 1.165) is 0 Å². The van der Waals surface area contributed by atoms with Gasteiger partial charge in [0.25, 0.3) is 0 Å². The summed E-state index contributed by atoms with van der Waals surface area (Å²) in [6.07, 6.45) is 0. The normalized spacial score (nSPS) is 10.9. The van der Waals surface area contributed by atoms with Gasteiger partial charge in [-0.05, 0) is 34.1 Å². The third-order valence-electron chi connectivity index (χ3n) is 2.33. The molecular weight excluding hydrogens is 265 g/mol. The van der Waals surface area contributed by atoms with Crippen LogP contribution in [-0.4, -0.2) is 15.6 Å². The molecule has 1 heterocycles. The molecule has 1 aromatic carbocycles. The van der Waals surface area contributed by atoms with Crippen molar-refractivity contribution in [1.29, 1.82) is 0 Å². The number of aromatic carboxylic acids is 1. The first kappa shape index (κ1) is 10.2. The van der Waals surface area contributed by atoms with Gasteiger partial charge in [-0.2, -0.15) is 0 Å². The molecule has 1 N–H and O–H groups in total. The molecule has 1 aromatic heterocycles. The van der Waals surface area contributed by atoms with Crippen LogP contribution in [0.15, 0.2) is 22.7 Å². The summed E-state index contributed by atoms with van der Waals surface area (Å²) in [5, 5.41) is 9.18. The van der Waals surface area contributed by atoms with Gasteiger partial charge in [0.1, 0.15) is 11.5 Å². The maximum Gasteiger partial charge on any atom is 0.352 e. The molecule has 0 radical (unpaired) electrons. The smallest absolute Gasteiger partial charge is 0.352 e. The number of rotatable bonds is 1. The molecule has 0 amide bonds. The second kappa shape index (κ2) is 3.34. The minimum Gasteiger partial charge on any atom is -0.477 e. The van der Waals surface area contributed by atoms with E-state index in [2.05, 4.69) is 15.9 Å². The van der Waals surface area contributed by atoms with Crippen LogP contribution in [0, 0.1) is 5.82 Å². The molecule has 0 aliphatic carbocycles. The molecule has 0 fully saturated rings. The first-order valence-electron chi connectivity index (χ1n) is 4.19. The number of nitrogens with zero attached hydrogens (tertiary/aromatic N) is 1. The van der Waals surface area contributed by atoms with Gasteiger partial charge in [-0.25, -0.2) is 9.18 Å². The molecule has 0 aliphatic heterocycles. The molecule has 3 nitrogen and oxygen atoms in total. The Kier molecular flexibility index (Phi) is 2.26. The average Bonchev–Trinajstić information content (AvgIpc) is 2.51. The second-order valence-corrected chi connectivity index (χ2v) is 4.04. The number of carboxylic acid groups (broad SMARTS) is 1. The second-order valence-electron chi connectivity index (χ2n) is 3.19. The van der Waals surface area contributed by atoms with Crippen molar-refractivity contribution in [2.75, 3.05) is 0 Å². The number of aromatic nitrogens is 1. The molecule has 78 valence electrons. The number of fused-ring (bicyclic) bond motifs is 1. The highest BCUT2D eigenvalue weighted by Crippen LogP contribution is 2.27. The van der Waals surface area contributed by atoms with Gasteiger partial charge in [0, 0.05) is 12.4 Å². The largest absolute Gasteiger partial charge is 0.477 e. The van der Waals surface area contributed by atoms with Crippen molar-refractivity contribution in [1.82, 2.24) is 4.57 Å². The highest BCUT2D eigenvalue weighted by Gasteiger charge is 2.15. The molecule has 15 heavy (non-hydrogen) atoms. The van der Waals surface area contributed by atoms with Crippen molar-refractivity contribution >= 4 is 32.8 Å². The Morgan fingerprint density at radius 3 is 2.80 bits per heavy atom. The van der Waals surface area contributed by atoms with Crippen LogP contribution in [0.25, 0.3) is 10.9 Å². The molecule has 2 aromatic rings. The van der Waals surface area contributed by atoms with Crippen LogP contribution in [0.5, 0.6) is 0 Å². The van der Waals surface area contributed by atoms with E-state index in [1.807, 2.05) is 0 Å². The Morgan fingerprint density at radius 2 is 2.20 bits per heavy atom. The van der Waals surface area contributed by atoms with Crippen molar-refractivity contribution in [3.63, 3.8) is 0 Å². The number of hydrogen-bond acceptors (Lipinski definition) is 1. The van der Waals surface area contributed by atoms with Crippen LogP contribution < -0.4 is 0 Å². The van der Waals surface area contributed by atoms with E-state index < -0.39 is 11.8 Å². The lowest BCUT2D eigenvalue weighted by molar-refractivity contribution is 0.0687. The summed E-state index contributed by atoms with van der Waals surface area (Å²) in [6.45, 7) is 0. The first-order valence-corrected chi connectivity index (χ1v) is 4.98. The predicted molar refractivity (Wildman–Crippen MR) is 57.5 cm³/mol. The summed E-state index contributed by atoms with van der Waals surface area (Å²) >= 11 is 3.06. The van der Waals surface area contributed by atoms with Crippen LogP contribution in [-0.2, 0) is 7.05 Å². The van der Waals surface area contributed by atoms with Gasteiger partial charge in [0.05, 0.1) is 9.99 Å². The van der Waals surface area contributed by atoms with Crippen molar-refractivity contribution in [3.05, 3.63) is 34.2 Å². The number of aryl methyl sites for hydroxylation is 1. The summed E-state index contributed by atoms with van der Waals surface area (Å²) in [5.74, 6) is -1.50. The Bertz CT molecular complexity index is 562. The molecule has 2 rings (SSSR count). The van der Waals surface area contributed by atoms with Crippen LogP contribution in [0.4, 0.5) is 4.39 Å². The van der Waals surface area contributed by atoms with Gasteiger partial charge in [0.15, 0.2) is 0 Å². The van der Waals surface area contributed by atoms with Crippen molar-refractivity contribution in [2.45, 2.75) is 0 Å². The minimum absolute atomic E-state index is 0.0713. The predicted octanol–water partition coefficient (Wildman–Crippen LogP) is 2.78. The van der Waals surface area contributed by atoms with Crippen LogP contribution in [0.3, 0.4) is 0 Å². The molecule has 0 atom stereocenters. The molecular formula is C10H7BrFNO2. The fraction of sp³-hybridized carbons (Fsp3) is 0.100. The monoisotopic (exact) mass is 271 g/mol. The summed E-state index contributed by atoms with van der Waals surface area (Å²) in [4.78, 5) is 10.8. The van der Waals surface area contributed by atoms with Crippen molar-refractivity contribution in [3.8, 4) is 0 Å². The number of carbonyl (C=O) groups is 1. The van der Waals surface area contributed by atoms with Crippen LogP contribution in [0.2, 0.25) is 0 Å². The van der Waals surface area contributed by atoms with E-state index in [4.69, 9.17) is 5.11 Å². The molecule has 0 bridgehead atoms. The molecule has 0 unspecified atom stereocenters. The summed E-state index contributed by atoms with van der Waals surface area (Å²) in [5.41, 5.74) is 0.634. The van der Waals surface area contributed by atoms with Gasteiger partial charge in [0.2, 0.25) is 0 Å². The fourth-order valence-corrected chi connectivity index (χ4v) is 1.90. The van der Waals surface area contributed by atoms with Crippen molar-refractivity contribution < 1.29 is 14.3 Å². The molecule has 0 spiro atoms. The zero-order chi connectivity index (χ0) is 11.2. The summed E-state index contributed by atoms with van der Waals surface area (Å²) < 4.78 is 15.4. The van der Waals surface area contributed by atoms with E-state index in [1.165, 1.54) is 10.6 Å². The summed E-state index contributed by atoms with van der Waals surface area (Å²) in [7, 11) is 1.60. The third kappa shape index (κ3) is 1.43. The third-order valence-corrected chi connectivity index (χ3v) is 2.94. The van der Waals surface area contributed by atoms with Gasteiger partial charge in [-0.15, -0.1) is 0 Å². The van der Waals surface area contributed by atoms with Crippen molar-refractivity contribution in [2.24, 2.45) is 7.05 Å². The maximum absolute atomic E-state index is 13.6. The maximum atomic E-state index is 13.6. The number of carboxylic acids is 1. The molecule has 0 aliphatic rings. The van der Waals surface area contributed by atoms with E-state index in [0.29, 0.717) is 15.4 Å². The van der Waals surface area contributed by atoms with E-state index in [1.54, 1.807) is 19.2 Å². The first-order chi connectivity index (χ1) is 7.02. The Balaban J connectivity index is 2.88. The zero-order valence-electron chi connectivity index (χ0n) is 7.79. The quantitative estimate of drug-likeness (QED) is 0.867. The van der Waals surface area contributed by atoms with E-state index in [-0.39, 0.29) is 5.69 Å². The zero-order valence-corrected chi connectivity index (χ0v) is 9.38. The summed E-state index contributed by atoms with van der Waals surface area (Å²) in [6, 6.07) is 4.57. The lowest BCUT2D eigenvalue weighted by Gasteiger charge is -1.99.